The Kier molecular flexibility index (Phi) is 5.04. The zero-order valence-electron chi connectivity index (χ0n) is 12.6. The summed E-state index contributed by atoms with van der Waals surface area (Å²) >= 11 is 3.19. The Morgan fingerprint density at radius 3 is 2.77 bits per heavy atom. The maximum absolute atomic E-state index is 11.9. The van der Waals surface area contributed by atoms with Gasteiger partial charge in [0.1, 0.15) is 5.01 Å². The molecular formula is C15H20N4OS2. The summed E-state index contributed by atoms with van der Waals surface area (Å²) in [5, 5.41) is 15.6. The summed E-state index contributed by atoms with van der Waals surface area (Å²) < 4.78 is 0. The molecule has 0 unspecified atom stereocenters. The molecule has 2 aromatic heterocycles. The lowest BCUT2D eigenvalue weighted by atomic mass is 9.90. The van der Waals surface area contributed by atoms with Gasteiger partial charge in [-0.1, -0.05) is 30.6 Å². The van der Waals surface area contributed by atoms with Crippen LogP contribution in [0.1, 0.15) is 52.8 Å². The molecule has 0 spiro atoms. The lowest BCUT2D eigenvalue weighted by Gasteiger charge is -2.18. The molecule has 118 valence electrons. The van der Waals surface area contributed by atoms with Crippen molar-refractivity contribution in [1.82, 2.24) is 15.5 Å². The van der Waals surface area contributed by atoms with E-state index in [0.717, 1.165) is 9.88 Å². The van der Waals surface area contributed by atoms with Crippen molar-refractivity contribution in [3.8, 4) is 0 Å². The minimum Gasteiger partial charge on any atom is -0.333 e. The molecular weight excluding hydrogens is 316 g/mol. The van der Waals surface area contributed by atoms with Crippen molar-refractivity contribution in [3.05, 3.63) is 26.9 Å². The number of carbonyl (C=O) groups is 1. The van der Waals surface area contributed by atoms with E-state index >= 15 is 0 Å². The highest BCUT2D eigenvalue weighted by atomic mass is 32.1. The number of amides is 2. The second-order valence-electron chi connectivity index (χ2n) is 5.60. The molecule has 0 aliphatic heterocycles. The third-order valence-electron chi connectivity index (χ3n) is 3.83. The molecule has 0 aromatic carbocycles. The van der Waals surface area contributed by atoms with Crippen molar-refractivity contribution in [2.24, 2.45) is 0 Å². The van der Waals surface area contributed by atoms with Gasteiger partial charge in [0.25, 0.3) is 0 Å². The molecule has 2 amide bonds. The van der Waals surface area contributed by atoms with E-state index in [1.54, 1.807) is 11.3 Å². The van der Waals surface area contributed by atoms with Gasteiger partial charge in [-0.05, 0) is 31.9 Å². The van der Waals surface area contributed by atoms with Gasteiger partial charge in [-0.25, -0.2) is 4.79 Å². The number of aryl methyl sites for hydroxylation is 1. The topological polar surface area (TPSA) is 66.9 Å². The molecule has 5 nitrogen and oxygen atoms in total. The molecule has 3 rings (SSSR count). The lowest BCUT2D eigenvalue weighted by Crippen LogP contribution is -2.27. The number of rotatable bonds is 4. The van der Waals surface area contributed by atoms with Gasteiger partial charge in [0, 0.05) is 15.7 Å². The molecule has 1 saturated carbocycles. The minimum atomic E-state index is -0.225. The van der Waals surface area contributed by atoms with Gasteiger partial charge in [-0.15, -0.1) is 21.5 Å². The molecule has 7 heteroatoms. The van der Waals surface area contributed by atoms with Crippen molar-refractivity contribution in [3.63, 3.8) is 0 Å². The summed E-state index contributed by atoms with van der Waals surface area (Å²) in [5.41, 5.74) is 0. The zero-order chi connectivity index (χ0) is 15.4. The number of carbonyl (C=O) groups excluding carboxylic acids is 1. The summed E-state index contributed by atoms with van der Waals surface area (Å²) in [7, 11) is 0. The fourth-order valence-corrected chi connectivity index (χ4v) is 4.43. The predicted octanol–water partition coefficient (Wildman–Crippen LogP) is 4.28. The average Bonchev–Trinajstić information content (AvgIpc) is 3.15. The quantitative estimate of drug-likeness (QED) is 0.876. The van der Waals surface area contributed by atoms with E-state index < -0.39 is 0 Å². The van der Waals surface area contributed by atoms with Crippen molar-refractivity contribution in [2.75, 3.05) is 5.32 Å². The second kappa shape index (κ2) is 7.19. The van der Waals surface area contributed by atoms with Crippen LogP contribution in [0.3, 0.4) is 0 Å². The zero-order valence-corrected chi connectivity index (χ0v) is 14.2. The van der Waals surface area contributed by atoms with Crippen LogP contribution in [0.25, 0.3) is 0 Å². The third kappa shape index (κ3) is 4.04. The molecule has 0 bridgehead atoms. The number of hydrogen-bond acceptors (Lipinski definition) is 5. The Morgan fingerprint density at radius 1 is 1.23 bits per heavy atom. The highest BCUT2D eigenvalue weighted by Gasteiger charge is 2.20. The summed E-state index contributed by atoms with van der Waals surface area (Å²) in [6, 6.07) is 3.87. The Hall–Kier alpha value is -1.47. The first kappa shape index (κ1) is 15.4. The fraction of sp³-hybridized carbons (Fsp3) is 0.533. The number of thiophene rings is 1. The first-order valence-corrected chi connectivity index (χ1v) is 9.27. The maximum Gasteiger partial charge on any atom is 0.321 e. The standard InChI is InChI=1S/C15H20N4OS2/c1-10-7-8-12(21-10)9-16-14(20)17-15-19-18-13(22-15)11-5-3-2-4-6-11/h7-8,11H,2-6,9H2,1H3,(H2,16,17,19,20). The first-order valence-electron chi connectivity index (χ1n) is 7.64. The van der Waals surface area contributed by atoms with Crippen molar-refractivity contribution in [1.29, 1.82) is 0 Å². The van der Waals surface area contributed by atoms with Crippen LogP contribution < -0.4 is 10.6 Å². The van der Waals surface area contributed by atoms with E-state index in [9.17, 15) is 4.79 Å². The summed E-state index contributed by atoms with van der Waals surface area (Å²) in [5.74, 6) is 0.527. The van der Waals surface area contributed by atoms with Crippen LogP contribution >= 0.6 is 22.7 Å². The van der Waals surface area contributed by atoms with Gasteiger partial charge >= 0.3 is 6.03 Å². The van der Waals surface area contributed by atoms with Gasteiger partial charge < -0.3 is 5.32 Å². The largest absolute Gasteiger partial charge is 0.333 e. The minimum absolute atomic E-state index is 0.225. The van der Waals surface area contributed by atoms with Gasteiger partial charge in [-0.2, -0.15) is 0 Å². The van der Waals surface area contributed by atoms with Crippen LogP contribution in [0, 0.1) is 6.92 Å². The number of hydrogen-bond donors (Lipinski definition) is 2. The highest BCUT2D eigenvalue weighted by molar-refractivity contribution is 7.15. The van der Waals surface area contributed by atoms with Gasteiger partial charge in [0.05, 0.1) is 6.54 Å². The van der Waals surface area contributed by atoms with Crippen molar-refractivity contribution < 1.29 is 4.79 Å². The summed E-state index contributed by atoms with van der Waals surface area (Å²) in [6.07, 6.45) is 6.25. The second-order valence-corrected chi connectivity index (χ2v) is 7.98. The lowest BCUT2D eigenvalue weighted by molar-refractivity contribution is 0.252. The normalized spacial score (nSPS) is 15.7. The Bertz CT molecular complexity index is 631. The van der Waals surface area contributed by atoms with Crippen LogP contribution in [0.2, 0.25) is 0 Å². The van der Waals surface area contributed by atoms with E-state index in [1.807, 2.05) is 6.07 Å². The van der Waals surface area contributed by atoms with E-state index in [2.05, 4.69) is 33.8 Å². The molecule has 1 fully saturated rings. The van der Waals surface area contributed by atoms with E-state index in [-0.39, 0.29) is 6.03 Å². The fourth-order valence-electron chi connectivity index (χ4n) is 2.69. The number of urea groups is 1. The molecule has 0 atom stereocenters. The Balaban J connectivity index is 1.50. The van der Waals surface area contributed by atoms with Gasteiger partial charge in [0.15, 0.2) is 0 Å². The van der Waals surface area contributed by atoms with E-state index in [4.69, 9.17) is 0 Å². The molecule has 22 heavy (non-hydrogen) atoms. The summed E-state index contributed by atoms with van der Waals surface area (Å²) in [6.45, 7) is 2.60. The van der Waals surface area contributed by atoms with Gasteiger partial charge in [-0.3, -0.25) is 5.32 Å². The molecule has 0 saturated heterocycles. The maximum atomic E-state index is 11.9. The van der Waals surface area contributed by atoms with Crippen LogP contribution in [-0.2, 0) is 6.54 Å². The van der Waals surface area contributed by atoms with E-state index in [0.29, 0.717) is 17.6 Å². The number of nitrogens with one attached hydrogen (secondary N) is 2. The molecule has 1 aliphatic rings. The van der Waals surface area contributed by atoms with Crippen LogP contribution in [0.4, 0.5) is 9.93 Å². The van der Waals surface area contributed by atoms with Gasteiger partial charge in [0.2, 0.25) is 5.13 Å². The molecule has 2 N–H and O–H groups in total. The highest BCUT2D eigenvalue weighted by Crippen LogP contribution is 2.35. The van der Waals surface area contributed by atoms with Crippen LogP contribution in [0.5, 0.6) is 0 Å². The molecule has 1 aliphatic carbocycles. The average molecular weight is 336 g/mol. The van der Waals surface area contributed by atoms with Crippen molar-refractivity contribution in [2.45, 2.75) is 51.5 Å². The third-order valence-corrected chi connectivity index (χ3v) is 5.84. The Morgan fingerprint density at radius 2 is 2.05 bits per heavy atom. The van der Waals surface area contributed by atoms with Crippen molar-refractivity contribution >= 4 is 33.8 Å². The molecule has 2 aromatic rings. The SMILES string of the molecule is Cc1ccc(CNC(=O)Nc2nnc(C3CCCCC3)s2)s1. The van der Waals surface area contributed by atoms with Crippen LogP contribution in [-0.4, -0.2) is 16.2 Å². The van der Waals surface area contributed by atoms with Crippen LogP contribution in [0.15, 0.2) is 12.1 Å². The predicted molar refractivity (Wildman–Crippen MR) is 90.6 cm³/mol. The summed E-state index contributed by atoms with van der Waals surface area (Å²) in [4.78, 5) is 14.3. The van der Waals surface area contributed by atoms with E-state index in [1.165, 1.54) is 48.3 Å². The number of nitrogens with zero attached hydrogens (tertiary/aromatic N) is 2. The molecule has 2 heterocycles. The number of anilines is 1. The smallest absolute Gasteiger partial charge is 0.321 e. The number of aromatic nitrogens is 2. The molecule has 0 radical (unpaired) electrons. The first-order chi connectivity index (χ1) is 10.7. The monoisotopic (exact) mass is 336 g/mol. The Labute approximate surface area is 138 Å².